The zero-order valence-electron chi connectivity index (χ0n) is 8.99. The summed E-state index contributed by atoms with van der Waals surface area (Å²) in [4.78, 5) is 12.9. The molecule has 0 N–H and O–H groups in total. The van der Waals surface area contributed by atoms with Gasteiger partial charge < -0.3 is 9.64 Å². The highest BCUT2D eigenvalue weighted by atomic mass is 16.5. The van der Waals surface area contributed by atoms with Crippen molar-refractivity contribution in [2.75, 3.05) is 13.7 Å². The van der Waals surface area contributed by atoms with E-state index in [-0.39, 0.29) is 11.4 Å². The van der Waals surface area contributed by atoms with Gasteiger partial charge in [0.25, 0.3) is 0 Å². The maximum Gasteiger partial charge on any atom is 0.307 e. The predicted octanol–water partition coefficient (Wildman–Crippen LogP) is 1.92. The molecule has 0 atom stereocenters. The Kier molecular flexibility index (Phi) is 3.33. The van der Waals surface area contributed by atoms with Crippen molar-refractivity contribution >= 4 is 5.97 Å². The average Bonchev–Trinajstić information content (AvgIpc) is 2.16. The smallest absolute Gasteiger partial charge is 0.307 e. The second kappa shape index (κ2) is 4.31. The molecule has 0 radical (unpaired) electrons. The van der Waals surface area contributed by atoms with Crippen molar-refractivity contribution < 1.29 is 9.53 Å². The van der Waals surface area contributed by atoms with Gasteiger partial charge in [0.1, 0.15) is 0 Å². The van der Waals surface area contributed by atoms with E-state index in [2.05, 4.69) is 30.7 Å². The normalized spacial score (nSPS) is 18.4. The number of hydrogen-bond acceptors (Lipinski definition) is 3. The molecule has 0 aromatic carbocycles. The van der Waals surface area contributed by atoms with E-state index < -0.39 is 0 Å². The number of carbonyl (C=O) groups is 1. The minimum absolute atomic E-state index is 0.127. The van der Waals surface area contributed by atoms with Gasteiger partial charge in [-0.25, -0.2) is 0 Å². The molecule has 0 spiro atoms. The quantitative estimate of drug-likeness (QED) is 0.644. The fourth-order valence-electron chi connectivity index (χ4n) is 1.15. The van der Waals surface area contributed by atoms with Crippen molar-refractivity contribution in [3.05, 3.63) is 24.6 Å². The van der Waals surface area contributed by atoms with E-state index in [0.717, 1.165) is 0 Å². The van der Waals surface area contributed by atoms with Crippen molar-refractivity contribution in [3.63, 3.8) is 0 Å². The average molecular weight is 195 g/mol. The molecule has 0 aromatic rings. The molecule has 1 rings (SSSR count). The van der Waals surface area contributed by atoms with E-state index in [9.17, 15) is 4.79 Å². The number of methoxy groups -OCH3 is 1. The van der Waals surface area contributed by atoms with Gasteiger partial charge in [0.2, 0.25) is 0 Å². The molecule has 0 bridgehead atoms. The van der Waals surface area contributed by atoms with Crippen LogP contribution < -0.4 is 0 Å². The van der Waals surface area contributed by atoms with Crippen LogP contribution in [0.4, 0.5) is 0 Å². The Morgan fingerprint density at radius 1 is 1.36 bits per heavy atom. The van der Waals surface area contributed by atoms with E-state index in [1.807, 2.05) is 17.3 Å². The Balaban J connectivity index is 2.36. The van der Waals surface area contributed by atoms with Crippen molar-refractivity contribution in [1.82, 2.24) is 4.90 Å². The van der Waals surface area contributed by atoms with Gasteiger partial charge in [0.05, 0.1) is 13.5 Å². The molecule has 0 fully saturated rings. The third-order valence-corrected chi connectivity index (χ3v) is 2.19. The Hall–Kier alpha value is -1.25. The first kappa shape index (κ1) is 10.8. The van der Waals surface area contributed by atoms with Crippen LogP contribution in [0.1, 0.15) is 20.3 Å². The van der Waals surface area contributed by atoms with Gasteiger partial charge in [0, 0.05) is 24.4 Å². The lowest BCUT2D eigenvalue weighted by Gasteiger charge is -2.25. The lowest BCUT2D eigenvalue weighted by Crippen LogP contribution is -2.20. The number of ether oxygens (including phenoxy) is 1. The molecule has 0 saturated heterocycles. The highest BCUT2D eigenvalue weighted by molar-refractivity contribution is 5.69. The summed E-state index contributed by atoms with van der Waals surface area (Å²) in [6.45, 7) is 4.95. The lowest BCUT2D eigenvalue weighted by atomic mass is 9.92. The Labute approximate surface area is 85.0 Å². The van der Waals surface area contributed by atoms with Crippen molar-refractivity contribution in [2.24, 2.45) is 5.41 Å². The van der Waals surface area contributed by atoms with Gasteiger partial charge >= 0.3 is 5.97 Å². The van der Waals surface area contributed by atoms with Crippen LogP contribution in [0.15, 0.2) is 24.6 Å². The summed E-state index contributed by atoms with van der Waals surface area (Å²) < 4.78 is 4.57. The van der Waals surface area contributed by atoms with E-state index in [0.29, 0.717) is 13.0 Å². The summed E-state index contributed by atoms with van der Waals surface area (Å²) in [5, 5.41) is 0. The number of nitrogens with zero attached hydrogens (tertiary/aromatic N) is 1. The topological polar surface area (TPSA) is 29.5 Å². The number of rotatable bonds is 3. The number of allylic oxidation sites excluding steroid dienone is 2. The highest BCUT2D eigenvalue weighted by Crippen LogP contribution is 2.23. The third kappa shape index (κ3) is 3.24. The third-order valence-electron chi connectivity index (χ3n) is 2.19. The molecule has 14 heavy (non-hydrogen) atoms. The SMILES string of the molecule is COC(=O)CCN1C=CC(C)(C)C=C1. The summed E-state index contributed by atoms with van der Waals surface area (Å²) in [5.74, 6) is -0.170. The standard InChI is InChI=1S/C11H17NO2/c1-11(2)5-8-12(9-6-11)7-4-10(13)14-3/h5-6,8-9H,4,7H2,1-3H3. The van der Waals surface area contributed by atoms with Crippen LogP contribution in [0.2, 0.25) is 0 Å². The Morgan fingerprint density at radius 2 is 1.93 bits per heavy atom. The Bertz CT molecular complexity index is 250. The highest BCUT2D eigenvalue weighted by Gasteiger charge is 2.14. The fraction of sp³-hybridized carbons (Fsp3) is 0.545. The van der Waals surface area contributed by atoms with Gasteiger partial charge in [-0.05, 0) is 0 Å². The molecular formula is C11H17NO2. The molecule has 1 aliphatic rings. The molecule has 0 aliphatic carbocycles. The molecule has 3 heteroatoms. The summed E-state index contributed by atoms with van der Waals surface area (Å²) in [6.07, 6.45) is 8.66. The van der Waals surface area contributed by atoms with Gasteiger partial charge in [-0.2, -0.15) is 0 Å². The van der Waals surface area contributed by atoms with E-state index in [1.165, 1.54) is 7.11 Å². The zero-order chi connectivity index (χ0) is 10.6. The summed E-state index contributed by atoms with van der Waals surface area (Å²) >= 11 is 0. The number of carbonyl (C=O) groups excluding carboxylic acids is 1. The first-order chi connectivity index (χ1) is 6.53. The van der Waals surface area contributed by atoms with Crippen LogP contribution >= 0.6 is 0 Å². The van der Waals surface area contributed by atoms with Crippen LogP contribution in [-0.2, 0) is 9.53 Å². The van der Waals surface area contributed by atoms with Crippen LogP contribution in [-0.4, -0.2) is 24.5 Å². The summed E-state index contributed by atoms with van der Waals surface area (Å²) in [5.41, 5.74) is 0.127. The lowest BCUT2D eigenvalue weighted by molar-refractivity contribution is -0.140. The van der Waals surface area contributed by atoms with Crippen LogP contribution in [0, 0.1) is 5.41 Å². The van der Waals surface area contributed by atoms with Gasteiger partial charge in [-0.1, -0.05) is 26.0 Å². The molecule has 78 valence electrons. The largest absolute Gasteiger partial charge is 0.469 e. The second-order valence-electron chi connectivity index (χ2n) is 4.02. The van der Waals surface area contributed by atoms with Gasteiger partial charge in [0.15, 0.2) is 0 Å². The Morgan fingerprint density at radius 3 is 2.43 bits per heavy atom. The first-order valence-corrected chi connectivity index (χ1v) is 4.75. The molecule has 1 aliphatic heterocycles. The summed E-state index contributed by atoms with van der Waals surface area (Å²) in [6, 6.07) is 0. The fourth-order valence-corrected chi connectivity index (χ4v) is 1.15. The molecule has 1 heterocycles. The minimum Gasteiger partial charge on any atom is -0.469 e. The van der Waals surface area contributed by atoms with Gasteiger partial charge in [-0.15, -0.1) is 0 Å². The van der Waals surface area contributed by atoms with E-state index >= 15 is 0 Å². The molecular weight excluding hydrogens is 178 g/mol. The van der Waals surface area contributed by atoms with E-state index in [1.54, 1.807) is 0 Å². The second-order valence-corrected chi connectivity index (χ2v) is 4.02. The maximum absolute atomic E-state index is 10.9. The molecule has 0 saturated carbocycles. The molecule has 0 amide bonds. The molecule has 3 nitrogen and oxygen atoms in total. The van der Waals surface area contributed by atoms with Crippen LogP contribution in [0.3, 0.4) is 0 Å². The predicted molar refractivity (Wildman–Crippen MR) is 55.4 cm³/mol. The zero-order valence-corrected chi connectivity index (χ0v) is 8.99. The van der Waals surface area contributed by atoms with Crippen molar-refractivity contribution in [1.29, 1.82) is 0 Å². The molecule has 0 aromatic heterocycles. The van der Waals surface area contributed by atoms with Crippen LogP contribution in [0.25, 0.3) is 0 Å². The monoisotopic (exact) mass is 195 g/mol. The van der Waals surface area contributed by atoms with Gasteiger partial charge in [-0.3, -0.25) is 4.79 Å². The summed E-state index contributed by atoms with van der Waals surface area (Å²) in [7, 11) is 1.41. The van der Waals surface area contributed by atoms with E-state index in [4.69, 9.17) is 0 Å². The van der Waals surface area contributed by atoms with Crippen LogP contribution in [0.5, 0.6) is 0 Å². The maximum atomic E-state index is 10.9. The number of esters is 1. The minimum atomic E-state index is -0.170. The number of hydrogen-bond donors (Lipinski definition) is 0. The first-order valence-electron chi connectivity index (χ1n) is 4.75. The van der Waals surface area contributed by atoms with Crippen molar-refractivity contribution in [2.45, 2.75) is 20.3 Å². The van der Waals surface area contributed by atoms with Crippen molar-refractivity contribution in [3.8, 4) is 0 Å². The molecule has 0 unspecified atom stereocenters.